The standard InChI is InChI=1S/C10H20N2/c1-9-3-6-12(7-4-9)10-2-5-11-8-10/h9-11H,2-8H2,1H3/p+2/t10-/m0/s1. The maximum Gasteiger partial charge on any atom is 0.142 e. The van der Waals surface area contributed by atoms with E-state index in [9.17, 15) is 0 Å². The Balaban J connectivity index is 1.80. The van der Waals surface area contributed by atoms with Crippen molar-refractivity contribution in [1.29, 1.82) is 0 Å². The highest BCUT2D eigenvalue weighted by atomic mass is 15.2. The number of piperidine rings is 1. The number of rotatable bonds is 1. The number of nitrogens with one attached hydrogen (secondary N) is 1. The fourth-order valence-electron chi connectivity index (χ4n) is 2.67. The van der Waals surface area contributed by atoms with Crippen LogP contribution in [-0.4, -0.2) is 32.2 Å². The molecule has 2 heterocycles. The van der Waals surface area contributed by atoms with E-state index in [-0.39, 0.29) is 0 Å². The summed E-state index contributed by atoms with van der Waals surface area (Å²) in [7, 11) is 0. The Morgan fingerprint density at radius 1 is 1.17 bits per heavy atom. The molecule has 2 aliphatic rings. The van der Waals surface area contributed by atoms with Crippen LogP contribution in [0.2, 0.25) is 0 Å². The summed E-state index contributed by atoms with van der Waals surface area (Å²) >= 11 is 0. The highest BCUT2D eigenvalue weighted by Gasteiger charge is 2.31. The molecule has 3 N–H and O–H groups in total. The molecular formula is C10H22N2+2. The van der Waals surface area contributed by atoms with Gasteiger partial charge in [-0.2, -0.15) is 0 Å². The van der Waals surface area contributed by atoms with Crippen LogP contribution in [0.25, 0.3) is 0 Å². The molecule has 2 aliphatic heterocycles. The summed E-state index contributed by atoms with van der Waals surface area (Å²) in [5.41, 5.74) is 0. The van der Waals surface area contributed by atoms with Gasteiger partial charge >= 0.3 is 0 Å². The first-order valence-corrected chi connectivity index (χ1v) is 5.52. The molecule has 2 rings (SSSR count). The first-order chi connectivity index (χ1) is 5.86. The van der Waals surface area contributed by atoms with Crippen molar-refractivity contribution in [3.63, 3.8) is 0 Å². The number of nitrogens with two attached hydrogens (primary N) is 1. The predicted molar refractivity (Wildman–Crippen MR) is 49.2 cm³/mol. The van der Waals surface area contributed by atoms with E-state index in [0.717, 1.165) is 12.0 Å². The molecule has 12 heavy (non-hydrogen) atoms. The monoisotopic (exact) mass is 170 g/mol. The lowest BCUT2D eigenvalue weighted by Crippen LogP contribution is -3.17. The van der Waals surface area contributed by atoms with Gasteiger partial charge in [-0.25, -0.2) is 0 Å². The summed E-state index contributed by atoms with van der Waals surface area (Å²) in [6, 6.07) is 0.998. The van der Waals surface area contributed by atoms with Crippen molar-refractivity contribution in [2.24, 2.45) is 5.92 Å². The van der Waals surface area contributed by atoms with E-state index < -0.39 is 0 Å². The lowest BCUT2D eigenvalue weighted by Gasteiger charge is -2.30. The van der Waals surface area contributed by atoms with Crippen LogP contribution in [0.4, 0.5) is 0 Å². The van der Waals surface area contributed by atoms with Gasteiger partial charge in [-0.15, -0.1) is 0 Å². The number of quaternary nitrogens is 2. The van der Waals surface area contributed by atoms with Crippen molar-refractivity contribution in [2.75, 3.05) is 26.2 Å². The second-order valence-corrected chi connectivity index (χ2v) is 4.64. The predicted octanol–water partition coefficient (Wildman–Crippen LogP) is -1.36. The van der Waals surface area contributed by atoms with Crippen LogP contribution in [0.15, 0.2) is 0 Å². The fourth-order valence-corrected chi connectivity index (χ4v) is 2.67. The van der Waals surface area contributed by atoms with Crippen molar-refractivity contribution in [1.82, 2.24) is 0 Å². The third-order valence-electron chi connectivity index (χ3n) is 3.66. The molecule has 2 fully saturated rings. The SMILES string of the molecule is CC1CC[NH+]([C@H]2CC[NH2+]C2)CC1. The Bertz CT molecular complexity index is 133. The molecule has 0 radical (unpaired) electrons. The van der Waals surface area contributed by atoms with Gasteiger partial charge in [0.05, 0.1) is 26.1 Å². The van der Waals surface area contributed by atoms with E-state index in [2.05, 4.69) is 12.2 Å². The Morgan fingerprint density at radius 3 is 2.50 bits per heavy atom. The number of hydrogen-bond acceptors (Lipinski definition) is 0. The molecule has 2 saturated heterocycles. The van der Waals surface area contributed by atoms with Crippen molar-refractivity contribution in [3.8, 4) is 0 Å². The smallest absolute Gasteiger partial charge is 0.142 e. The van der Waals surface area contributed by atoms with Crippen LogP contribution in [0.5, 0.6) is 0 Å². The topological polar surface area (TPSA) is 21.1 Å². The first-order valence-electron chi connectivity index (χ1n) is 5.52. The molecule has 0 bridgehead atoms. The second-order valence-electron chi connectivity index (χ2n) is 4.64. The van der Waals surface area contributed by atoms with E-state index in [1.165, 1.54) is 45.4 Å². The summed E-state index contributed by atoms with van der Waals surface area (Å²) in [5, 5.41) is 2.48. The highest BCUT2D eigenvalue weighted by Crippen LogP contribution is 2.07. The van der Waals surface area contributed by atoms with Gasteiger partial charge in [-0.3, -0.25) is 0 Å². The molecule has 0 unspecified atom stereocenters. The van der Waals surface area contributed by atoms with E-state index in [4.69, 9.17) is 0 Å². The van der Waals surface area contributed by atoms with Crippen LogP contribution in [0.1, 0.15) is 26.2 Å². The fraction of sp³-hybridized carbons (Fsp3) is 1.00. The van der Waals surface area contributed by atoms with E-state index >= 15 is 0 Å². The third kappa shape index (κ3) is 1.80. The van der Waals surface area contributed by atoms with Crippen LogP contribution in [0, 0.1) is 5.92 Å². The molecule has 1 atom stereocenters. The van der Waals surface area contributed by atoms with Crippen LogP contribution in [-0.2, 0) is 0 Å². The number of hydrogen-bond donors (Lipinski definition) is 2. The molecule has 0 spiro atoms. The van der Waals surface area contributed by atoms with Crippen molar-refractivity contribution >= 4 is 0 Å². The molecule has 0 aromatic carbocycles. The second kappa shape index (κ2) is 3.75. The number of likely N-dealkylation sites (tertiary alicyclic amines) is 1. The van der Waals surface area contributed by atoms with Crippen LogP contribution < -0.4 is 10.2 Å². The molecule has 70 valence electrons. The summed E-state index contributed by atoms with van der Waals surface area (Å²) in [6.45, 7) is 8.06. The van der Waals surface area contributed by atoms with Gasteiger partial charge in [0.15, 0.2) is 0 Å². The zero-order valence-electron chi connectivity index (χ0n) is 8.18. The lowest BCUT2D eigenvalue weighted by atomic mass is 9.98. The Morgan fingerprint density at radius 2 is 1.92 bits per heavy atom. The minimum Gasteiger partial charge on any atom is -0.341 e. The van der Waals surface area contributed by atoms with Gasteiger partial charge in [-0.1, -0.05) is 6.92 Å². The molecular weight excluding hydrogens is 148 g/mol. The largest absolute Gasteiger partial charge is 0.341 e. The molecule has 0 aromatic rings. The average molecular weight is 170 g/mol. The van der Waals surface area contributed by atoms with E-state index in [0.29, 0.717) is 0 Å². The first kappa shape index (κ1) is 8.52. The Labute approximate surface area is 75.3 Å². The van der Waals surface area contributed by atoms with Gasteiger partial charge in [0.1, 0.15) is 12.6 Å². The van der Waals surface area contributed by atoms with Gasteiger partial charge in [0, 0.05) is 0 Å². The van der Waals surface area contributed by atoms with Gasteiger partial charge in [0.2, 0.25) is 0 Å². The van der Waals surface area contributed by atoms with Crippen molar-refractivity contribution in [2.45, 2.75) is 32.2 Å². The van der Waals surface area contributed by atoms with Crippen molar-refractivity contribution in [3.05, 3.63) is 0 Å². The Hall–Kier alpha value is -0.0800. The quantitative estimate of drug-likeness (QED) is 0.485. The maximum atomic E-state index is 2.48. The lowest BCUT2D eigenvalue weighted by molar-refractivity contribution is -0.935. The van der Waals surface area contributed by atoms with E-state index in [1.54, 1.807) is 0 Å². The summed E-state index contributed by atoms with van der Waals surface area (Å²) in [6.07, 6.45) is 4.39. The minimum absolute atomic E-state index is 0.998. The average Bonchev–Trinajstić information content (AvgIpc) is 2.58. The van der Waals surface area contributed by atoms with Gasteiger partial charge in [-0.05, 0) is 18.8 Å². The maximum absolute atomic E-state index is 2.48. The summed E-state index contributed by atoms with van der Waals surface area (Å²) in [4.78, 5) is 1.90. The van der Waals surface area contributed by atoms with Crippen LogP contribution >= 0.6 is 0 Å². The summed E-state index contributed by atoms with van der Waals surface area (Å²) < 4.78 is 0. The Kier molecular flexibility index (Phi) is 2.66. The zero-order chi connectivity index (χ0) is 8.39. The molecule has 2 nitrogen and oxygen atoms in total. The molecule has 2 heteroatoms. The van der Waals surface area contributed by atoms with Gasteiger partial charge < -0.3 is 10.2 Å². The van der Waals surface area contributed by atoms with Gasteiger partial charge in [0.25, 0.3) is 0 Å². The normalized spacial score (nSPS) is 43.2. The molecule has 0 amide bonds. The molecule has 0 saturated carbocycles. The molecule has 0 aliphatic carbocycles. The van der Waals surface area contributed by atoms with E-state index in [1.807, 2.05) is 4.90 Å². The highest BCUT2D eigenvalue weighted by molar-refractivity contribution is 4.62. The third-order valence-corrected chi connectivity index (χ3v) is 3.66. The van der Waals surface area contributed by atoms with Crippen molar-refractivity contribution < 1.29 is 10.2 Å². The summed E-state index contributed by atoms with van der Waals surface area (Å²) in [5.74, 6) is 0.999. The minimum atomic E-state index is 0.998. The molecule has 0 aromatic heterocycles. The zero-order valence-corrected chi connectivity index (χ0v) is 8.18. The van der Waals surface area contributed by atoms with Crippen LogP contribution in [0.3, 0.4) is 0 Å².